The summed E-state index contributed by atoms with van der Waals surface area (Å²) in [6.07, 6.45) is -1.09. The van der Waals surface area contributed by atoms with Gasteiger partial charge in [-0.25, -0.2) is 4.79 Å². The molecule has 0 spiro atoms. The van der Waals surface area contributed by atoms with E-state index < -0.39 is 12.1 Å². The molecule has 0 radical (unpaired) electrons. The molecule has 0 saturated carbocycles. The Labute approximate surface area is 103 Å². The van der Waals surface area contributed by atoms with Gasteiger partial charge < -0.3 is 14.6 Å². The maximum Gasteiger partial charge on any atom is 0.347 e. The molecule has 0 aliphatic carbocycles. The van der Waals surface area contributed by atoms with Gasteiger partial charge in [-0.3, -0.25) is 0 Å². The van der Waals surface area contributed by atoms with Crippen molar-refractivity contribution in [3.8, 4) is 5.75 Å². The molecule has 0 amide bonds. The summed E-state index contributed by atoms with van der Waals surface area (Å²) in [5.74, 6) is -0.858. The molecule has 16 heavy (non-hydrogen) atoms. The molecule has 0 fully saturated rings. The number of rotatable bonds is 5. The molecule has 0 aromatic heterocycles. The maximum atomic E-state index is 10.8. The van der Waals surface area contributed by atoms with E-state index in [0.29, 0.717) is 5.02 Å². The third kappa shape index (κ3) is 3.56. The SMILES string of the molecule is COCC(Oc1ccc(Cl)cc1Cl)C(=O)O. The first-order valence-electron chi connectivity index (χ1n) is 4.38. The lowest BCUT2D eigenvalue weighted by Crippen LogP contribution is -2.31. The summed E-state index contributed by atoms with van der Waals surface area (Å²) in [5.41, 5.74) is 0. The molecule has 0 saturated heterocycles. The lowest BCUT2D eigenvalue weighted by molar-refractivity contribution is -0.147. The van der Waals surface area contributed by atoms with Gasteiger partial charge in [0.15, 0.2) is 0 Å². The first kappa shape index (κ1) is 13.1. The fourth-order valence-corrected chi connectivity index (χ4v) is 1.48. The van der Waals surface area contributed by atoms with Crippen LogP contribution in [-0.4, -0.2) is 30.9 Å². The minimum absolute atomic E-state index is 0.0612. The fraction of sp³-hybridized carbons (Fsp3) is 0.300. The number of hydrogen-bond acceptors (Lipinski definition) is 3. The van der Waals surface area contributed by atoms with E-state index in [-0.39, 0.29) is 17.4 Å². The van der Waals surface area contributed by atoms with E-state index in [1.807, 2.05) is 0 Å². The van der Waals surface area contributed by atoms with Gasteiger partial charge in [-0.05, 0) is 18.2 Å². The monoisotopic (exact) mass is 264 g/mol. The second kappa shape index (κ2) is 5.94. The van der Waals surface area contributed by atoms with Gasteiger partial charge in [0.1, 0.15) is 5.75 Å². The van der Waals surface area contributed by atoms with Gasteiger partial charge in [0.25, 0.3) is 0 Å². The molecule has 4 nitrogen and oxygen atoms in total. The molecule has 1 unspecified atom stereocenters. The number of hydrogen-bond donors (Lipinski definition) is 1. The zero-order valence-electron chi connectivity index (χ0n) is 8.44. The summed E-state index contributed by atoms with van der Waals surface area (Å²) in [6, 6.07) is 4.55. The van der Waals surface area contributed by atoms with Gasteiger partial charge in [-0.1, -0.05) is 23.2 Å². The fourth-order valence-electron chi connectivity index (χ4n) is 1.03. The molecule has 1 N–H and O–H groups in total. The number of benzene rings is 1. The molecule has 6 heteroatoms. The lowest BCUT2D eigenvalue weighted by Gasteiger charge is -2.15. The standard InChI is InChI=1S/C10H10Cl2O4/c1-15-5-9(10(13)14)16-8-3-2-6(11)4-7(8)12/h2-4,9H,5H2,1H3,(H,13,14). The lowest BCUT2D eigenvalue weighted by atomic mass is 10.3. The predicted molar refractivity (Wildman–Crippen MR) is 60.4 cm³/mol. The molecule has 0 heterocycles. The average Bonchev–Trinajstić information content (AvgIpc) is 2.20. The summed E-state index contributed by atoms with van der Waals surface area (Å²) >= 11 is 11.5. The van der Waals surface area contributed by atoms with E-state index in [1.165, 1.54) is 19.2 Å². The molecule has 0 bridgehead atoms. The summed E-state index contributed by atoms with van der Waals surface area (Å²) < 4.78 is 9.91. The Bertz CT molecular complexity index is 381. The summed E-state index contributed by atoms with van der Waals surface area (Å²) in [6.45, 7) is -0.0612. The highest BCUT2D eigenvalue weighted by atomic mass is 35.5. The van der Waals surface area contributed by atoms with Gasteiger partial charge in [-0.2, -0.15) is 0 Å². The summed E-state index contributed by atoms with van der Waals surface area (Å²) in [5, 5.41) is 9.55. The van der Waals surface area contributed by atoms with Gasteiger partial charge in [0.05, 0.1) is 11.6 Å². The second-order valence-electron chi connectivity index (χ2n) is 2.97. The Hall–Kier alpha value is -0.970. The Balaban J connectivity index is 2.81. The summed E-state index contributed by atoms with van der Waals surface area (Å²) in [4.78, 5) is 10.8. The van der Waals surface area contributed by atoms with Crippen LogP contribution in [0.4, 0.5) is 0 Å². The molecule has 1 aromatic rings. The van der Waals surface area contributed by atoms with Crippen LogP contribution in [0.5, 0.6) is 5.75 Å². The quantitative estimate of drug-likeness (QED) is 0.888. The van der Waals surface area contributed by atoms with Crippen LogP contribution in [0.1, 0.15) is 0 Å². The van der Waals surface area contributed by atoms with Crippen LogP contribution in [0.25, 0.3) is 0 Å². The number of carboxylic acid groups (broad SMARTS) is 1. The molecule has 1 rings (SSSR count). The first-order chi connectivity index (χ1) is 7.54. The smallest absolute Gasteiger partial charge is 0.347 e. The number of ether oxygens (including phenoxy) is 2. The number of carbonyl (C=O) groups is 1. The topological polar surface area (TPSA) is 55.8 Å². The van der Waals surface area contributed by atoms with Crippen molar-refractivity contribution in [3.05, 3.63) is 28.2 Å². The number of halogens is 2. The Morgan fingerprint density at radius 3 is 2.69 bits per heavy atom. The Morgan fingerprint density at radius 1 is 1.50 bits per heavy atom. The molecule has 0 aliphatic rings. The highest BCUT2D eigenvalue weighted by molar-refractivity contribution is 6.35. The van der Waals surface area contributed by atoms with E-state index in [1.54, 1.807) is 6.07 Å². The van der Waals surface area contributed by atoms with E-state index in [9.17, 15) is 4.79 Å². The van der Waals surface area contributed by atoms with Crippen LogP contribution < -0.4 is 4.74 Å². The van der Waals surface area contributed by atoms with Crippen molar-refractivity contribution in [2.45, 2.75) is 6.10 Å². The summed E-state index contributed by atoms with van der Waals surface area (Å²) in [7, 11) is 1.39. The Morgan fingerprint density at radius 2 is 2.19 bits per heavy atom. The van der Waals surface area contributed by atoms with Crippen LogP contribution in [0.3, 0.4) is 0 Å². The number of carboxylic acids is 1. The van der Waals surface area contributed by atoms with Gasteiger partial charge in [-0.15, -0.1) is 0 Å². The van der Waals surface area contributed by atoms with Crippen molar-refractivity contribution in [3.63, 3.8) is 0 Å². The zero-order chi connectivity index (χ0) is 12.1. The van der Waals surface area contributed by atoms with Crippen molar-refractivity contribution in [1.29, 1.82) is 0 Å². The maximum absolute atomic E-state index is 10.8. The Kier molecular flexibility index (Phi) is 4.86. The molecule has 1 aromatic carbocycles. The number of methoxy groups -OCH3 is 1. The van der Waals surface area contributed by atoms with Gasteiger partial charge in [0.2, 0.25) is 6.10 Å². The molecule has 0 aliphatic heterocycles. The predicted octanol–water partition coefficient (Wildman–Crippen LogP) is 2.47. The van der Waals surface area contributed by atoms with E-state index >= 15 is 0 Å². The number of aliphatic carboxylic acids is 1. The molecular formula is C10H10Cl2O4. The van der Waals surface area contributed by atoms with Crippen LogP contribution in [0, 0.1) is 0 Å². The molecule has 1 atom stereocenters. The van der Waals surface area contributed by atoms with Crippen LogP contribution in [0.15, 0.2) is 18.2 Å². The van der Waals surface area contributed by atoms with Crippen molar-refractivity contribution >= 4 is 29.2 Å². The third-order valence-corrected chi connectivity index (χ3v) is 2.29. The first-order valence-corrected chi connectivity index (χ1v) is 5.13. The van der Waals surface area contributed by atoms with Crippen LogP contribution in [-0.2, 0) is 9.53 Å². The van der Waals surface area contributed by atoms with E-state index in [2.05, 4.69) is 0 Å². The van der Waals surface area contributed by atoms with Crippen LogP contribution >= 0.6 is 23.2 Å². The molecular weight excluding hydrogens is 255 g/mol. The van der Waals surface area contributed by atoms with Crippen molar-refractivity contribution < 1.29 is 19.4 Å². The third-order valence-electron chi connectivity index (χ3n) is 1.76. The second-order valence-corrected chi connectivity index (χ2v) is 3.82. The van der Waals surface area contributed by atoms with E-state index in [4.69, 9.17) is 37.8 Å². The van der Waals surface area contributed by atoms with E-state index in [0.717, 1.165) is 0 Å². The van der Waals surface area contributed by atoms with Crippen molar-refractivity contribution in [1.82, 2.24) is 0 Å². The average molecular weight is 265 g/mol. The normalized spacial score (nSPS) is 12.2. The van der Waals surface area contributed by atoms with Crippen LogP contribution in [0.2, 0.25) is 10.0 Å². The van der Waals surface area contributed by atoms with Crippen molar-refractivity contribution in [2.24, 2.45) is 0 Å². The minimum Gasteiger partial charge on any atom is -0.478 e. The van der Waals surface area contributed by atoms with Crippen molar-refractivity contribution in [2.75, 3.05) is 13.7 Å². The van der Waals surface area contributed by atoms with Gasteiger partial charge in [0, 0.05) is 12.1 Å². The minimum atomic E-state index is -1.12. The highest BCUT2D eigenvalue weighted by Crippen LogP contribution is 2.28. The van der Waals surface area contributed by atoms with Gasteiger partial charge >= 0.3 is 5.97 Å². The zero-order valence-corrected chi connectivity index (χ0v) is 9.96. The highest BCUT2D eigenvalue weighted by Gasteiger charge is 2.20. The molecule has 88 valence electrons. The largest absolute Gasteiger partial charge is 0.478 e.